The van der Waals surface area contributed by atoms with Crippen LogP contribution >= 0.6 is 0 Å². The molecule has 0 spiro atoms. The van der Waals surface area contributed by atoms with Crippen LogP contribution in [-0.4, -0.2) is 50.1 Å². The molecule has 2 aromatic heterocycles. The van der Waals surface area contributed by atoms with E-state index in [0.717, 1.165) is 35.5 Å². The normalized spacial score (nSPS) is 13.8. The van der Waals surface area contributed by atoms with E-state index >= 15 is 0 Å². The van der Waals surface area contributed by atoms with Gasteiger partial charge in [0, 0.05) is 30.3 Å². The van der Waals surface area contributed by atoms with Crippen LogP contribution < -0.4 is 10.7 Å². The SMILES string of the molecule is Cc1ccc(-n2cc(C(=O)O)c(=O)c3cnc(Nc4ccc(CCN5CCCC5)cc4)nc32)cc1C. The van der Waals surface area contributed by atoms with Gasteiger partial charge in [0.05, 0.1) is 5.39 Å². The van der Waals surface area contributed by atoms with Gasteiger partial charge >= 0.3 is 5.97 Å². The Morgan fingerprint density at radius 1 is 1.06 bits per heavy atom. The van der Waals surface area contributed by atoms with E-state index in [-0.39, 0.29) is 10.9 Å². The van der Waals surface area contributed by atoms with Gasteiger partial charge in [0.1, 0.15) is 5.56 Å². The number of likely N-dealkylation sites (tertiary alicyclic amines) is 1. The highest BCUT2D eigenvalue weighted by atomic mass is 16.4. The van der Waals surface area contributed by atoms with Crippen LogP contribution in [0.4, 0.5) is 11.6 Å². The zero-order valence-electron chi connectivity index (χ0n) is 20.5. The van der Waals surface area contributed by atoms with Crippen molar-refractivity contribution in [1.82, 2.24) is 19.4 Å². The molecule has 5 rings (SSSR count). The van der Waals surface area contributed by atoms with Crippen molar-refractivity contribution < 1.29 is 9.90 Å². The molecule has 8 nitrogen and oxygen atoms in total. The Morgan fingerprint density at radius 3 is 2.50 bits per heavy atom. The van der Waals surface area contributed by atoms with Gasteiger partial charge in [-0.15, -0.1) is 0 Å². The second-order valence-electron chi connectivity index (χ2n) is 9.37. The summed E-state index contributed by atoms with van der Waals surface area (Å²) in [5.41, 5.74) is 4.40. The number of rotatable bonds is 7. The van der Waals surface area contributed by atoms with Gasteiger partial charge in [-0.3, -0.25) is 4.79 Å². The van der Waals surface area contributed by atoms with Crippen LogP contribution in [0.3, 0.4) is 0 Å². The third kappa shape index (κ3) is 4.85. The predicted octanol–water partition coefficient (Wildman–Crippen LogP) is 4.48. The van der Waals surface area contributed by atoms with Gasteiger partial charge in [-0.1, -0.05) is 18.2 Å². The van der Waals surface area contributed by atoms with Crippen molar-refractivity contribution in [3.8, 4) is 5.69 Å². The predicted molar refractivity (Wildman–Crippen MR) is 141 cm³/mol. The zero-order valence-corrected chi connectivity index (χ0v) is 20.5. The lowest BCUT2D eigenvalue weighted by Gasteiger charge is -2.15. The average Bonchev–Trinajstić information content (AvgIpc) is 3.39. The molecule has 1 saturated heterocycles. The number of carboxylic acid groups (broad SMARTS) is 1. The van der Waals surface area contributed by atoms with Crippen LogP contribution in [0.15, 0.2) is 59.7 Å². The number of hydrogen-bond acceptors (Lipinski definition) is 6. The van der Waals surface area contributed by atoms with E-state index in [9.17, 15) is 14.7 Å². The number of pyridine rings is 1. The lowest BCUT2D eigenvalue weighted by atomic mass is 10.1. The number of nitrogens with one attached hydrogen (secondary N) is 1. The summed E-state index contributed by atoms with van der Waals surface area (Å²) < 4.78 is 1.64. The first-order valence-corrected chi connectivity index (χ1v) is 12.2. The third-order valence-electron chi connectivity index (χ3n) is 6.87. The minimum atomic E-state index is -1.29. The van der Waals surface area contributed by atoms with Crippen molar-refractivity contribution in [3.63, 3.8) is 0 Å². The first-order chi connectivity index (χ1) is 17.4. The van der Waals surface area contributed by atoms with Crippen LogP contribution in [-0.2, 0) is 6.42 Å². The number of aromatic nitrogens is 3. The van der Waals surface area contributed by atoms with E-state index in [0.29, 0.717) is 11.6 Å². The van der Waals surface area contributed by atoms with Gasteiger partial charge in [-0.25, -0.2) is 9.78 Å². The number of aryl methyl sites for hydroxylation is 2. The molecule has 1 aliphatic rings. The molecule has 3 heterocycles. The number of hydrogen-bond donors (Lipinski definition) is 2. The molecule has 0 saturated carbocycles. The summed E-state index contributed by atoms with van der Waals surface area (Å²) in [4.78, 5) is 36.0. The molecule has 4 aromatic rings. The molecule has 0 atom stereocenters. The molecule has 2 aromatic carbocycles. The molecule has 0 aliphatic carbocycles. The maximum Gasteiger partial charge on any atom is 0.341 e. The molecule has 184 valence electrons. The summed E-state index contributed by atoms with van der Waals surface area (Å²) in [7, 11) is 0. The van der Waals surface area contributed by atoms with E-state index in [1.54, 1.807) is 4.57 Å². The number of fused-ring (bicyclic) bond motifs is 1. The van der Waals surface area contributed by atoms with Gasteiger partial charge in [0.25, 0.3) is 0 Å². The molecule has 8 heteroatoms. The summed E-state index contributed by atoms with van der Waals surface area (Å²) >= 11 is 0. The van der Waals surface area contributed by atoms with E-state index in [4.69, 9.17) is 0 Å². The van der Waals surface area contributed by atoms with Crippen molar-refractivity contribution in [2.45, 2.75) is 33.1 Å². The highest BCUT2D eigenvalue weighted by Gasteiger charge is 2.18. The maximum atomic E-state index is 12.8. The molecular weight excluding hydrogens is 454 g/mol. The second kappa shape index (κ2) is 9.91. The van der Waals surface area contributed by atoms with Crippen molar-refractivity contribution in [2.24, 2.45) is 0 Å². The van der Waals surface area contributed by atoms with Crippen LogP contribution in [0.25, 0.3) is 16.7 Å². The summed E-state index contributed by atoms with van der Waals surface area (Å²) in [6, 6.07) is 14.0. The van der Waals surface area contributed by atoms with Gasteiger partial charge in [-0.05, 0) is 87.2 Å². The van der Waals surface area contributed by atoms with Crippen molar-refractivity contribution in [2.75, 3.05) is 25.0 Å². The van der Waals surface area contributed by atoms with Crippen molar-refractivity contribution >= 4 is 28.6 Å². The molecule has 0 bridgehead atoms. The fourth-order valence-corrected chi connectivity index (χ4v) is 4.57. The van der Waals surface area contributed by atoms with E-state index in [1.807, 2.05) is 44.2 Å². The largest absolute Gasteiger partial charge is 0.477 e. The summed E-state index contributed by atoms with van der Waals surface area (Å²) in [6.45, 7) is 7.46. The van der Waals surface area contributed by atoms with E-state index < -0.39 is 11.4 Å². The number of aromatic carboxylic acids is 1. The molecule has 0 unspecified atom stereocenters. The Morgan fingerprint density at radius 2 is 1.81 bits per heavy atom. The Bertz CT molecular complexity index is 1490. The van der Waals surface area contributed by atoms with Gasteiger partial charge in [0.15, 0.2) is 5.65 Å². The smallest absolute Gasteiger partial charge is 0.341 e. The monoisotopic (exact) mass is 483 g/mol. The van der Waals surface area contributed by atoms with E-state index in [2.05, 4.69) is 32.3 Å². The van der Waals surface area contributed by atoms with Crippen LogP contribution in [0.1, 0.15) is 39.9 Å². The fraction of sp³-hybridized carbons (Fsp3) is 0.286. The molecule has 0 amide bonds. The third-order valence-corrected chi connectivity index (χ3v) is 6.87. The van der Waals surface area contributed by atoms with Crippen molar-refractivity contribution in [3.05, 3.63) is 87.3 Å². The number of carbonyl (C=O) groups is 1. The van der Waals surface area contributed by atoms with Gasteiger partial charge < -0.3 is 19.9 Å². The highest BCUT2D eigenvalue weighted by Crippen LogP contribution is 2.21. The van der Waals surface area contributed by atoms with Crippen LogP contribution in [0.2, 0.25) is 0 Å². The lowest BCUT2D eigenvalue weighted by molar-refractivity contribution is 0.0695. The number of benzene rings is 2. The quantitative estimate of drug-likeness (QED) is 0.400. The number of nitrogens with zero attached hydrogens (tertiary/aromatic N) is 4. The summed E-state index contributed by atoms with van der Waals surface area (Å²) in [5.74, 6) is -0.959. The zero-order chi connectivity index (χ0) is 25.2. The Balaban J connectivity index is 1.46. The molecule has 36 heavy (non-hydrogen) atoms. The Labute approximate surface area is 209 Å². The first-order valence-electron chi connectivity index (χ1n) is 12.2. The molecule has 1 aliphatic heterocycles. The fourth-order valence-electron chi connectivity index (χ4n) is 4.57. The van der Waals surface area contributed by atoms with Crippen LogP contribution in [0.5, 0.6) is 0 Å². The minimum absolute atomic E-state index is 0.149. The Hall–Kier alpha value is -4.04. The molecule has 0 radical (unpaired) electrons. The van der Waals surface area contributed by atoms with Crippen molar-refractivity contribution in [1.29, 1.82) is 0 Å². The van der Waals surface area contributed by atoms with Gasteiger partial charge in [0.2, 0.25) is 11.4 Å². The average molecular weight is 484 g/mol. The standard InChI is InChI=1S/C28H29N5O3/c1-18-5-10-22(15-19(18)2)33-17-24(27(35)36)25(34)23-16-29-28(31-26(23)33)30-21-8-6-20(7-9-21)11-14-32-12-3-4-13-32/h5-10,15-17H,3-4,11-14H2,1-2H3,(H,35,36)(H,29,30,31). The van der Waals surface area contributed by atoms with Crippen LogP contribution in [0, 0.1) is 13.8 Å². The van der Waals surface area contributed by atoms with Gasteiger partial charge in [-0.2, -0.15) is 4.98 Å². The number of anilines is 2. The number of carboxylic acids is 1. The maximum absolute atomic E-state index is 12.8. The first kappa shape index (κ1) is 23.7. The van der Waals surface area contributed by atoms with E-state index in [1.165, 1.54) is 43.9 Å². The Kier molecular flexibility index (Phi) is 6.52. The molecule has 1 fully saturated rings. The lowest BCUT2D eigenvalue weighted by Crippen LogP contribution is -2.21. The molecule has 2 N–H and O–H groups in total. The topological polar surface area (TPSA) is 100 Å². The summed E-state index contributed by atoms with van der Waals surface area (Å²) in [5, 5.41) is 13.0. The molecular formula is C28H29N5O3. The minimum Gasteiger partial charge on any atom is -0.477 e. The second-order valence-corrected chi connectivity index (χ2v) is 9.37. The highest BCUT2D eigenvalue weighted by molar-refractivity contribution is 5.92. The summed E-state index contributed by atoms with van der Waals surface area (Å²) in [6.07, 6.45) is 6.33.